The van der Waals surface area contributed by atoms with Gasteiger partial charge in [0.1, 0.15) is 6.61 Å². The second-order valence-electron chi connectivity index (χ2n) is 4.45. The fourth-order valence-electron chi connectivity index (χ4n) is 2.34. The van der Waals surface area contributed by atoms with Gasteiger partial charge in [-0.25, -0.2) is 4.79 Å². The molecule has 2 aliphatic heterocycles. The summed E-state index contributed by atoms with van der Waals surface area (Å²) in [6, 6.07) is 0.369. The van der Waals surface area contributed by atoms with Crippen molar-refractivity contribution >= 4 is 6.09 Å². The van der Waals surface area contributed by atoms with E-state index in [1.54, 1.807) is 0 Å². The highest BCUT2D eigenvalue weighted by Crippen LogP contribution is 2.31. The van der Waals surface area contributed by atoms with E-state index in [4.69, 9.17) is 4.74 Å². The number of carbonyl (C=O) groups is 1. The SMILES string of the molecule is CC(C)C1CCN2C(=O)OCC2C1. The first kappa shape index (κ1) is 8.85. The Morgan fingerprint density at radius 3 is 3.00 bits per heavy atom. The van der Waals surface area contributed by atoms with Gasteiger partial charge in [0.05, 0.1) is 6.04 Å². The van der Waals surface area contributed by atoms with Crippen LogP contribution in [0.1, 0.15) is 26.7 Å². The number of ether oxygens (including phenoxy) is 1. The normalized spacial score (nSPS) is 33.5. The molecule has 2 saturated heterocycles. The van der Waals surface area contributed by atoms with Gasteiger partial charge in [-0.15, -0.1) is 0 Å². The Bertz CT molecular complexity index is 215. The van der Waals surface area contributed by atoms with Crippen molar-refractivity contribution in [2.45, 2.75) is 32.7 Å². The van der Waals surface area contributed by atoms with Crippen LogP contribution >= 0.6 is 0 Å². The van der Waals surface area contributed by atoms with Crippen molar-refractivity contribution in [1.82, 2.24) is 4.90 Å². The summed E-state index contributed by atoms with van der Waals surface area (Å²) >= 11 is 0. The van der Waals surface area contributed by atoms with E-state index in [1.165, 1.54) is 0 Å². The molecule has 2 unspecified atom stereocenters. The predicted octanol–water partition coefficient (Wildman–Crippen LogP) is 1.87. The van der Waals surface area contributed by atoms with Gasteiger partial charge in [-0.2, -0.15) is 0 Å². The monoisotopic (exact) mass is 183 g/mol. The summed E-state index contributed by atoms with van der Waals surface area (Å²) in [5, 5.41) is 0. The van der Waals surface area contributed by atoms with Crippen molar-refractivity contribution in [3.8, 4) is 0 Å². The number of hydrogen-bond acceptors (Lipinski definition) is 2. The Morgan fingerprint density at radius 2 is 2.31 bits per heavy atom. The van der Waals surface area contributed by atoms with Gasteiger partial charge < -0.3 is 9.64 Å². The molecule has 0 aromatic rings. The summed E-state index contributed by atoms with van der Waals surface area (Å²) in [5.74, 6) is 1.51. The maximum Gasteiger partial charge on any atom is 0.410 e. The zero-order valence-corrected chi connectivity index (χ0v) is 8.32. The van der Waals surface area contributed by atoms with Crippen molar-refractivity contribution in [2.75, 3.05) is 13.2 Å². The quantitative estimate of drug-likeness (QED) is 0.621. The number of fused-ring (bicyclic) bond motifs is 1. The molecule has 0 saturated carbocycles. The van der Waals surface area contributed by atoms with Gasteiger partial charge in [-0.05, 0) is 24.7 Å². The van der Waals surface area contributed by atoms with E-state index in [-0.39, 0.29) is 6.09 Å². The van der Waals surface area contributed by atoms with Gasteiger partial charge in [0.15, 0.2) is 0 Å². The molecule has 0 spiro atoms. The summed E-state index contributed by atoms with van der Waals surface area (Å²) in [6.45, 7) is 6.03. The largest absolute Gasteiger partial charge is 0.447 e. The number of hydrogen-bond donors (Lipinski definition) is 0. The molecule has 3 nitrogen and oxygen atoms in total. The van der Waals surface area contributed by atoms with Crippen molar-refractivity contribution < 1.29 is 9.53 Å². The zero-order chi connectivity index (χ0) is 9.42. The van der Waals surface area contributed by atoms with Gasteiger partial charge in [0.25, 0.3) is 0 Å². The molecule has 0 aromatic heterocycles. The van der Waals surface area contributed by atoms with Gasteiger partial charge in [0, 0.05) is 6.54 Å². The molecule has 0 aliphatic carbocycles. The molecule has 0 aromatic carbocycles. The van der Waals surface area contributed by atoms with E-state index in [0.29, 0.717) is 12.6 Å². The smallest absolute Gasteiger partial charge is 0.410 e. The second kappa shape index (κ2) is 3.20. The average Bonchev–Trinajstić information content (AvgIpc) is 2.47. The molecule has 2 fully saturated rings. The number of amides is 1. The molecule has 74 valence electrons. The van der Waals surface area contributed by atoms with E-state index in [9.17, 15) is 4.79 Å². The molecular weight excluding hydrogens is 166 g/mol. The Labute approximate surface area is 79.0 Å². The Morgan fingerprint density at radius 1 is 1.54 bits per heavy atom. The van der Waals surface area contributed by atoms with E-state index in [2.05, 4.69) is 13.8 Å². The van der Waals surface area contributed by atoms with Gasteiger partial charge >= 0.3 is 6.09 Å². The van der Waals surface area contributed by atoms with Gasteiger partial charge in [-0.3, -0.25) is 0 Å². The fourth-order valence-corrected chi connectivity index (χ4v) is 2.34. The first-order chi connectivity index (χ1) is 6.18. The molecule has 2 atom stereocenters. The topological polar surface area (TPSA) is 29.5 Å². The van der Waals surface area contributed by atoms with Crippen molar-refractivity contribution in [3.63, 3.8) is 0 Å². The third-order valence-electron chi connectivity index (χ3n) is 3.33. The van der Waals surface area contributed by atoms with E-state index >= 15 is 0 Å². The lowest BCUT2D eigenvalue weighted by Crippen LogP contribution is -2.42. The number of carbonyl (C=O) groups excluding carboxylic acids is 1. The Kier molecular flexibility index (Phi) is 2.18. The maximum absolute atomic E-state index is 11.2. The second-order valence-corrected chi connectivity index (χ2v) is 4.45. The lowest BCUT2D eigenvalue weighted by molar-refractivity contribution is 0.136. The summed E-state index contributed by atoms with van der Waals surface area (Å²) in [5.41, 5.74) is 0. The summed E-state index contributed by atoms with van der Waals surface area (Å²) in [7, 11) is 0. The minimum Gasteiger partial charge on any atom is -0.447 e. The van der Waals surface area contributed by atoms with Crippen LogP contribution in [0.3, 0.4) is 0 Å². The fraction of sp³-hybridized carbons (Fsp3) is 0.900. The van der Waals surface area contributed by atoms with Crippen LogP contribution < -0.4 is 0 Å². The molecule has 0 N–H and O–H groups in total. The minimum atomic E-state index is -0.104. The van der Waals surface area contributed by atoms with Gasteiger partial charge in [-0.1, -0.05) is 13.8 Å². The lowest BCUT2D eigenvalue weighted by Gasteiger charge is -2.34. The highest BCUT2D eigenvalue weighted by atomic mass is 16.6. The molecule has 0 bridgehead atoms. The Balaban J connectivity index is 1.99. The van der Waals surface area contributed by atoms with Crippen LogP contribution in [-0.4, -0.2) is 30.2 Å². The molecule has 3 heteroatoms. The van der Waals surface area contributed by atoms with Crippen molar-refractivity contribution in [1.29, 1.82) is 0 Å². The van der Waals surface area contributed by atoms with Crippen LogP contribution in [0, 0.1) is 11.8 Å². The molecule has 13 heavy (non-hydrogen) atoms. The summed E-state index contributed by atoms with van der Waals surface area (Å²) in [6.07, 6.45) is 2.17. The standard InChI is InChI=1S/C10H17NO2/c1-7(2)8-3-4-11-9(5-8)6-13-10(11)12/h7-9H,3-6H2,1-2H3. The molecule has 2 rings (SSSR count). The molecular formula is C10H17NO2. The Hall–Kier alpha value is -0.730. The predicted molar refractivity (Wildman–Crippen MR) is 49.4 cm³/mol. The first-order valence-corrected chi connectivity index (χ1v) is 5.12. The van der Waals surface area contributed by atoms with Crippen LogP contribution in [0.25, 0.3) is 0 Å². The van der Waals surface area contributed by atoms with Crippen molar-refractivity contribution in [3.05, 3.63) is 0 Å². The zero-order valence-electron chi connectivity index (χ0n) is 8.32. The van der Waals surface area contributed by atoms with E-state index < -0.39 is 0 Å². The van der Waals surface area contributed by atoms with Crippen LogP contribution in [0.5, 0.6) is 0 Å². The van der Waals surface area contributed by atoms with E-state index in [1.807, 2.05) is 4.90 Å². The van der Waals surface area contributed by atoms with Crippen LogP contribution in [0.4, 0.5) is 4.79 Å². The van der Waals surface area contributed by atoms with Crippen LogP contribution in [0.2, 0.25) is 0 Å². The third kappa shape index (κ3) is 1.52. The summed E-state index contributed by atoms with van der Waals surface area (Å²) in [4.78, 5) is 13.1. The maximum atomic E-state index is 11.2. The molecule has 2 heterocycles. The number of cyclic esters (lactones) is 1. The van der Waals surface area contributed by atoms with Crippen molar-refractivity contribution in [2.24, 2.45) is 11.8 Å². The minimum absolute atomic E-state index is 0.104. The molecule has 2 aliphatic rings. The highest BCUT2D eigenvalue weighted by molar-refractivity contribution is 5.70. The molecule has 1 amide bonds. The third-order valence-corrected chi connectivity index (χ3v) is 3.33. The van der Waals surface area contributed by atoms with Crippen LogP contribution in [0.15, 0.2) is 0 Å². The average molecular weight is 183 g/mol. The van der Waals surface area contributed by atoms with E-state index in [0.717, 1.165) is 31.2 Å². The lowest BCUT2D eigenvalue weighted by atomic mass is 9.83. The first-order valence-electron chi connectivity index (χ1n) is 5.12. The van der Waals surface area contributed by atoms with Gasteiger partial charge in [0.2, 0.25) is 0 Å². The molecule has 0 radical (unpaired) electrons. The summed E-state index contributed by atoms with van der Waals surface area (Å²) < 4.78 is 5.01. The number of piperidine rings is 1. The van der Waals surface area contributed by atoms with Crippen LogP contribution in [-0.2, 0) is 4.74 Å². The number of rotatable bonds is 1. The number of nitrogens with zero attached hydrogens (tertiary/aromatic N) is 1. The highest BCUT2D eigenvalue weighted by Gasteiger charge is 2.38.